The summed E-state index contributed by atoms with van der Waals surface area (Å²) < 4.78 is 0.722. The van der Waals surface area contributed by atoms with Gasteiger partial charge in [0, 0.05) is 10.4 Å². The van der Waals surface area contributed by atoms with Crippen LogP contribution in [-0.4, -0.2) is 17.0 Å². The third kappa shape index (κ3) is 3.57. The molecule has 0 saturated carbocycles. The van der Waals surface area contributed by atoms with E-state index in [9.17, 15) is 9.59 Å². The van der Waals surface area contributed by atoms with Crippen LogP contribution in [-0.2, 0) is 4.79 Å². The third-order valence-corrected chi connectivity index (χ3v) is 3.38. The lowest BCUT2D eigenvalue weighted by molar-refractivity contribution is -0.120. The zero-order valence-electron chi connectivity index (χ0n) is 10.5. The van der Waals surface area contributed by atoms with E-state index in [1.165, 1.54) is 6.07 Å². The van der Waals surface area contributed by atoms with Crippen molar-refractivity contribution >= 4 is 33.5 Å². The quantitative estimate of drug-likeness (QED) is 0.895. The van der Waals surface area contributed by atoms with Gasteiger partial charge in [-0.25, -0.2) is 4.79 Å². The fraction of sp³-hybridized carbons (Fsp3) is 0.385. The highest BCUT2D eigenvalue weighted by Crippen LogP contribution is 2.23. The molecule has 0 aliphatic carbocycles. The molecule has 0 aliphatic heterocycles. The minimum absolute atomic E-state index is 0.0857. The summed E-state index contributed by atoms with van der Waals surface area (Å²) in [5.74, 6) is -1.21. The van der Waals surface area contributed by atoms with Crippen LogP contribution in [0.15, 0.2) is 22.7 Å². The number of anilines is 1. The van der Waals surface area contributed by atoms with E-state index in [1.54, 1.807) is 12.1 Å². The van der Waals surface area contributed by atoms with Crippen molar-refractivity contribution in [2.24, 2.45) is 11.8 Å². The highest BCUT2D eigenvalue weighted by molar-refractivity contribution is 9.10. The molecule has 0 aliphatic rings. The molecule has 1 aromatic carbocycles. The smallest absolute Gasteiger partial charge is 0.337 e. The molecule has 1 aromatic rings. The molecule has 4 nitrogen and oxygen atoms in total. The first-order valence-corrected chi connectivity index (χ1v) is 6.46. The fourth-order valence-electron chi connectivity index (χ4n) is 1.36. The number of nitrogens with one attached hydrogen (secondary N) is 1. The Morgan fingerprint density at radius 1 is 1.28 bits per heavy atom. The Morgan fingerprint density at radius 3 is 2.39 bits per heavy atom. The molecule has 0 bridgehead atoms. The van der Waals surface area contributed by atoms with Crippen LogP contribution in [0.4, 0.5) is 5.69 Å². The van der Waals surface area contributed by atoms with E-state index in [0.717, 1.165) is 4.47 Å². The highest BCUT2D eigenvalue weighted by atomic mass is 79.9. The van der Waals surface area contributed by atoms with Crippen molar-refractivity contribution in [2.45, 2.75) is 20.8 Å². The summed E-state index contributed by atoms with van der Waals surface area (Å²) in [5.41, 5.74) is 0.400. The standard InChI is InChI=1S/C13H16BrNO3/c1-7(2)8(3)12(16)15-11-6-9(14)4-5-10(11)13(17)18/h4-8H,1-3H3,(H,15,16)(H,17,18). The molecule has 1 amide bonds. The van der Waals surface area contributed by atoms with Gasteiger partial charge >= 0.3 is 5.97 Å². The topological polar surface area (TPSA) is 66.4 Å². The summed E-state index contributed by atoms with van der Waals surface area (Å²) in [4.78, 5) is 23.0. The fourth-order valence-corrected chi connectivity index (χ4v) is 1.72. The number of carboxylic acid groups (broad SMARTS) is 1. The molecule has 2 N–H and O–H groups in total. The summed E-state index contributed by atoms with van der Waals surface area (Å²) in [6.45, 7) is 5.71. The van der Waals surface area contributed by atoms with Crippen LogP contribution >= 0.6 is 15.9 Å². The van der Waals surface area contributed by atoms with Crippen molar-refractivity contribution in [1.29, 1.82) is 0 Å². The van der Waals surface area contributed by atoms with Crippen molar-refractivity contribution in [2.75, 3.05) is 5.32 Å². The van der Waals surface area contributed by atoms with Crippen molar-refractivity contribution in [3.05, 3.63) is 28.2 Å². The lowest BCUT2D eigenvalue weighted by atomic mass is 9.97. The lowest BCUT2D eigenvalue weighted by Crippen LogP contribution is -2.25. The second-order valence-electron chi connectivity index (χ2n) is 4.52. The monoisotopic (exact) mass is 313 g/mol. The van der Waals surface area contributed by atoms with Crippen molar-refractivity contribution in [1.82, 2.24) is 0 Å². The van der Waals surface area contributed by atoms with E-state index in [-0.39, 0.29) is 23.3 Å². The summed E-state index contributed by atoms with van der Waals surface area (Å²) >= 11 is 3.26. The van der Waals surface area contributed by atoms with Gasteiger partial charge in [-0.05, 0) is 24.1 Å². The third-order valence-electron chi connectivity index (χ3n) is 2.88. The summed E-state index contributed by atoms with van der Waals surface area (Å²) in [7, 11) is 0. The Labute approximate surface area is 115 Å². The predicted molar refractivity (Wildman–Crippen MR) is 73.7 cm³/mol. The second kappa shape index (κ2) is 6.00. The van der Waals surface area contributed by atoms with E-state index in [1.807, 2.05) is 20.8 Å². The second-order valence-corrected chi connectivity index (χ2v) is 5.43. The maximum absolute atomic E-state index is 11.9. The van der Waals surface area contributed by atoms with Crippen LogP contribution < -0.4 is 5.32 Å². The lowest BCUT2D eigenvalue weighted by Gasteiger charge is -2.16. The average molecular weight is 314 g/mol. The molecule has 0 saturated heterocycles. The zero-order chi connectivity index (χ0) is 13.9. The van der Waals surface area contributed by atoms with E-state index >= 15 is 0 Å². The van der Waals surface area contributed by atoms with Crippen LogP contribution in [0.1, 0.15) is 31.1 Å². The van der Waals surface area contributed by atoms with Crippen LogP contribution in [0, 0.1) is 11.8 Å². The van der Waals surface area contributed by atoms with Gasteiger partial charge in [0.2, 0.25) is 5.91 Å². The maximum Gasteiger partial charge on any atom is 0.337 e. The largest absolute Gasteiger partial charge is 0.478 e. The Hall–Kier alpha value is -1.36. The van der Waals surface area contributed by atoms with Crippen LogP contribution in [0.25, 0.3) is 0 Å². The van der Waals surface area contributed by atoms with Gasteiger partial charge in [0.1, 0.15) is 0 Å². The Bertz CT molecular complexity index is 471. The molecular formula is C13H16BrNO3. The van der Waals surface area contributed by atoms with E-state index < -0.39 is 5.97 Å². The minimum atomic E-state index is -1.06. The molecular weight excluding hydrogens is 298 g/mol. The normalized spacial score (nSPS) is 12.3. The number of amides is 1. The molecule has 98 valence electrons. The van der Waals surface area contributed by atoms with E-state index in [0.29, 0.717) is 5.69 Å². The molecule has 1 unspecified atom stereocenters. The number of carbonyl (C=O) groups excluding carboxylic acids is 1. The van der Waals surface area contributed by atoms with Crippen LogP contribution in [0.5, 0.6) is 0 Å². The Balaban J connectivity index is 2.99. The number of carboxylic acids is 1. The van der Waals surface area contributed by atoms with Gasteiger partial charge in [-0.2, -0.15) is 0 Å². The minimum Gasteiger partial charge on any atom is -0.478 e. The Morgan fingerprint density at radius 2 is 1.89 bits per heavy atom. The summed E-state index contributed by atoms with van der Waals surface area (Å²) in [6.07, 6.45) is 0. The molecule has 0 spiro atoms. The predicted octanol–water partition coefficient (Wildman–Crippen LogP) is 3.38. The number of hydrogen-bond donors (Lipinski definition) is 2. The van der Waals surface area contributed by atoms with Crippen LogP contribution in [0.2, 0.25) is 0 Å². The molecule has 0 heterocycles. The van der Waals surface area contributed by atoms with Gasteiger partial charge in [0.25, 0.3) is 0 Å². The number of benzene rings is 1. The molecule has 1 rings (SSSR count). The number of hydrogen-bond acceptors (Lipinski definition) is 2. The van der Waals surface area contributed by atoms with Gasteiger partial charge in [-0.1, -0.05) is 36.7 Å². The van der Waals surface area contributed by atoms with Gasteiger partial charge in [-0.15, -0.1) is 0 Å². The molecule has 18 heavy (non-hydrogen) atoms. The average Bonchev–Trinajstić information content (AvgIpc) is 2.27. The maximum atomic E-state index is 11.9. The van der Waals surface area contributed by atoms with E-state index in [2.05, 4.69) is 21.2 Å². The number of rotatable bonds is 4. The zero-order valence-corrected chi connectivity index (χ0v) is 12.1. The molecule has 0 radical (unpaired) electrons. The van der Waals surface area contributed by atoms with Gasteiger partial charge in [0.15, 0.2) is 0 Å². The van der Waals surface area contributed by atoms with Crippen molar-refractivity contribution in [3.8, 4) is 0 Å². The van der Waals surface area contributed by atoms with E-state index in [4.69, 9.17) is 5.11 Å². The SMILES string of the molecule is CC(C)C(C)C(=O)Nc1cc(Br)ccc1C(=O)O. The number of carbonyl (C=O) groups is 2. The summed E-state index contributed by atoms with van der Waals surface area (Å²) in [6, 6.07) is 4.68. The molecule has 1 atom stereocenters. The first-order chi connectivity index (χ1) is 8.32. The van der Waals surface area contributed by atoms with Crippen molar-refractivity contribution < 1.29 is 14.7 Å². The molecule has 0 aromatic heterocycles. The van der Waals surface area contributed by atoms with Gasteiger partial charge in [-0.3, -0.25) is 4.79 Å². The summed E-state index contributed by atoms with van der Waals surface area (Å²) in [5, 5.41) is 11.7. The number of halogens is 1. The van der Waals surface area contributed by atoms with Crippen LogP contribution in [0.3, 0.4) is 0 Å². The first-order valence-electron chi connectivity index (χ1n) is 5.66. The Kier molecular flexibility index (Phi) is 4.90. The number of aromatic carboxylic acids is 1. The van der Waals surface area contributed by atoms with Gasteiger partial charge in [0.05, 0.1) is 11.3 Å². The molecule has 0 fully saturated rings. The van der Waals surface area contributed by atoms with Crippen molar-refractivity contribution in [3.63, 3.8) is 0 Å². The highest BCUT2D eigenvalue weighted by Gasteiger charge is 2.19. The van der Waals surface area contributed by atoms with Gasteiger partial charge < -0.3 is 10.4 Å². The molecule has 5 heteroatoms. The first kappa shape index (κ1) is 14.7.